The molecule has 0 aliphatic carbocycles. The van der Waals surface area contributed by atoms with Crippen LogP contribution >= 0.6 is 0 Å². The molecule has 112 valence electrons. The van der Waals surface area contributed by atoms with Crippen molar-refractivity contribution in [2.45, 2.75) is 25.6 Å². The van der Waals surface area contributed by atoms with Gasteiger partial charge in [-0.05, 0) is 36.6 Å². The van der Waals surface area contributed by atoms with Crippen molar-refractivity contribution in [2.24, 2.45) is 5.84 Å². The number of pyridine rings is 1. The first-order valence-corrected chi connectivity index (χ1v) is 6.45. The topological polar surface area (TPSA) is 50.9 Å². The molecular weight excluding hydrogens is 279 g/mol. The maximum absolute atomic E-state index is 12.7. The Bertz CT molecular complexity index is 611. The summed E-state index contributed by atoms with van der Waals surface area (Å²) in [5, 5.41) is 0. The van der Waals surface area contributed by atoms with Crippen LogP contribution < -0.4 is 11.3 Å². The van der Waals surface area contributed by atoms with Crippen LogP contribution in [-0.2, 0) is 12.6 Å². The van der Waals surface area contributed by atoms with Crippen molar-refractivity contribution in [3.8, 4) is 0 Å². The highest BCUT2D eigenvalue weighted by Gasteiger charge is 2.30. The number of aromatic nitrogens is 1. The number of hydrogen-bond acceptors (Lipinski definition) is 3. The molecule has 1 heterocycles. The van der Waals surface area contributed by atoms with Gasteiger partial charge in [0.05, 0.1) is 11.6 Å². The third-order valence-electron chi connectivity index (χ3n) is 3.32. The molecule has 1 unspecified atom stereocenters. The van der Waals surface area contributed by atoms with Crippen LogP contribution in [0, 0.1) is 6.92 Å². The largest absolute Gasteiger partial charge is 0.416 e. The third kappa shape index (κ3) is 3.80. The van der Waals surface area contributed by atoms with E-state index in [4.69, 9.17) is 5.84 Å². The highest BCUT2D eigenvalue weighted by atomic mass is 19.4. The molecule has 0 spiro atoms. The van der Waals surface area contributed by atoms with Gasteiger partial charge in [0.25, 0.3) is 0 Å². The van der Waals surface area contributed by atoms with E-state index in [2.05, 4.69) is 10.4 Å². The predicted molar refractivity (Wildman–Crippen MR) is 74.2 cm³/mol. The Morgan fingerprint density at radius 3 is 2.62 bits per heavy atom. The Morgan fingerprint density at radius 1 is 1.24 bits per heavy atom. The average molecular weight is 295 g/mol. The highest BCUT2D eigenvalue weighted by molar-refractivity contribution is 5.29. The maximum Gasteiger partial charge on any atom is 0.416 e. The van der Waals surface area contributed by atoms with E-state index < -0.39 is 11.7 Å². The number of aryl methyl sites for hydroxylation is 1. The second-order valence-electron chi connectivity index (χ2n) is 4.80. The van der Waals surface area contributed by atoms with E-state index in [9.17, 15) is 13.2 Å². The number of nitrogens with two attached hydrogens (primary N) is 1. The Hall–Kier alpha value is -1.92. The zero-order chi connectivity index (χ0) is 15.5. The van der Waals surface area contributed by atoms with Gasteiger partial charge in [-0.3, -0.25) is 16.3 Å². The number of benzene rings is 1. The molecule has 0 saturated heterocycles. The van der Waals surface area contributed by atoms with Crippen LogP contribution in [0.5, 0.6) is 0 Å². The maximum atomic E-state index is 12.7. The smallest absolute Gasteiger partial charge is 0.271 e. The van der Waals surface area contributed by atoms with Gasteiger partial charge in [0.2, 0.25) is 0 Å². The average Bonchev–Trinajstić information content (AvgIpc) is 2.45. The Balaban J connectivity index is 2.26. The summed E-state index contributed by atoms with van der Waals surface area (Å²) in [6, 6.07) is 8.62. The van der Waals surface area contributed by atoms with Gasteiger partial charge in [-0.25, -0.2) is 0 Å². The van der Waals surface area contributed by atoms with Crippen LogP contribution in [0.3, 0.4) is 0 Å². The summed E-state index contributed by atoms with van der Waals surface area (Å²) in [5.41, 5.74) is 4.23. The van der Waals surface area contributed by atoms with Gasteiger partial charge < -0.3 is 0 Å². The summed E-state index contributed by atoms with van der Waals surface area (Å²) in [6.45, 7) is 1.84. The van der Waals surface area contributed by atoms with E-state index in [0.29, 0.717) is 12.0 Å². The monoisotopic (exact) mass is 295 g/mol. The van der Waals surface area contributed by atoms with Crippen molar-refractivity contribution in [2.75, 3.05) is 0 Å². The normalized spacial score (nSPS) is 13.2. The Kier molecular flexibility index (Phi) is 4.59. The van der Waals surface area contributed by atoms with Crippen LogP contribution in [0.15, 0.2) is 42.6 Å². The van der Waals surface area contributed by atoms with Crippen molar-refractivity contribution in [3.63, 3.8) is 0 Å². The van der Waals surface area contributed by atoms with E-state index in [0.717, 1.165) is 23.4 Å². The lowest BCUT2D eigenvalue weighted by Crippen LogP contribution is -2.30. The molecule has 0 amide bonds. The van der Waals surface area contributed by atoms with Gasteiger partial charge in [0.1, 0.15) is 0 Å². The van der Waals surface area contributed by atoms with E-state index in [1.54, 1.807) is 18.3 Å². The SMILES string of the molecule is Cc1ncccc1C(Cc1cccc(C(F)(F)F)c1)NN. The van der Waals surface area contributed by atoms with E-state index in [-0.39, 0.29) is 6.04 Å². The number of halogens is 3. The lowest BCUT2D eigenvalue weighted by molar-refractivity contribution is -0.137. The summed E-state index contributed by atoms with van der Waals surface area (Å²) in [7, 11) is 0. The van der Waals surface area contributed by atoms with Gasteiger partial charge in [-0.2, -0.15) is 13.2 Å². The second kappa shape index (κ2) is 6.24. The summed E-state index contributed by atoms with van der Waals surface area (Å²) in [4.78, 5) is 4.17. The fraction of sp³-hybridized carbons (Fsp3) is 0.267. The standard InChI is InChI=1S/C15H16F3N3/c1-10-13(6-3-7-20-10)14(21-19)9-11-4-2-5-12(8-11)15(16,17)18/h2-8,14,21H,9,19H2,1H3. The van der Waals surface area contributed by atoms with Crippen LogP contribution in [0.2, 0.25) is 0 Å². The molecule has 2 aromatic rings. The molecule has 0 aliphatic rings. The number of rotatable bonds is 4. The summed E-state index contributed by atoms with van der Waals surface area (Å²) in [6.07, 6.45) is -2.32. The van der Waals surface area contributed by atoms with Crippen LogP contribution in [0.25, 0.3) is 0 Å². The van der Waals surface area contributed by atoms with Gasteiger partial charge in [-0.15, -0.1) is 0 Å². The molecule has 0 radical (unpaired) electrons. The van der Waals surface area contributed by atoms with Gasteiger partial charge in [0, 0.05) is 11.9 Å². The zero-order valence-electron chi connectivity index (χ0n) is 11.5. The quantitative estimate of drug-likeness (QED) is 0.673. The number of hydrogen-bond donors (Lipinski definition) is 2. The van der Waals surface area contributed by atoms with Crippen molar-refractivity contribution >= 4 is 0 Å². The lowest BCUT2D eigenvalue weighted by atomic mass is 9.97. The number of hydrazine groups is 1. The molecule has 0 fully saturated rings. The molecule has 1 aromatic carbocycles. The van der Waals surface area contributed by atoms with Gasteiger partial charge in [-0.1, -0.05) is 24.3 Å². The fourth-order valence-electron chi connectivity index (χ4n) is 2.23. The molecule has 0 saturated carbocycles. The summed E-state index contributed by atoms with van der Waals surface area (Å²) < 4.78 is 38.2. The number of nitrogens with zero attached hydrogens (tertiary/aromatic N) is 1. The van der Waals surface area contributed by atoms with Crippen molar-refractivity contribution in [3.05, 3.63) is 65.0 Å². The lowest BCUT2D eigenvalue weighted by Gasteiger charge is -2.18. The molecule has 21 heavy (non-hydrogen) atoms. The fourth-order valence-corrected chi connectivity index (χ4v) is 2.23. The van der Waals surface area contributed by atoms with E-state index in [1.807, 2.05) is 13.0 Å². The highest BCUT2D eigenvalue weighted by Crippen LogP contribution is 2.30. The molecule has 0 bridgehead atoms. The second-order valence-corrected chi connectivity index (χ2v) is 4.80. The molecule has 2 rings (SSSR count). The van der Waals surface area contributed by atoms with Crippen molar-refractivity contribution < 1.29 is 13.2 Å². The van der Waals surface area contributed by atoms with Gasteiger partial charge in [0.15, 0.2) is 0 Å². The third-order valence-corrected chi connectivity index (χ3v) is 3.32. The minimum atomic E-state index is -4.34. The first-order chi connectivity index (χ1) is 9.91. The minimum absolute atomic E-state index is 0.290. The molecule has 0 aliphatic heterocycles. The first kappa shape index (κ1) is 15.5. The molecule has 1 atom stereocenters. The van der Waals surface area contributed by atoms with Crippen LogP contribution in [0.4, 0.5) is 13.2 Å². The Morgan fingerprint density at radius 2 is 2.00 bits per heavy atom. The summed E-state index contributed by atoms with van der Waals surface area (Å²) >= 11 is 0. The predicted octanol–water partition coefficient (Wildman–Crippen LogP) is 3.16. The van der Waals surface area contributed by atoms with Gasteiger partial charge >= 0.3 is 6.18 Å². The number of alkyl halides is 3. The molecule has 3 N–H and O–H groups in total. The van der Waals surface area contributed by atoms with E-state index in [1.165, 1.54) is 6.07 Å². The first-order valence-electron chi connectivity index (χ1n) is 6.45. The molecular formula is C15H16F3N3. The number of nitrogens with one attached hydrogen (secondary N) is 1. The molecule has 6 heteroatoms. The molecule has 3 nitrogen and oxygen atoms in total. The van der Waals surface area contributed by atoms with Crippen LogP contribution in [0.1, 0.15) is 28.4 Å². The van der Waals surface area contributed by atoms with Crippen molar-refractivity contribution in [1.29, 1.82) is 0 Å². The molecule has 1 aromatic heterocycles. The Labute approximate surface area is 121 Å². The van der Waals surface area contributed by atoms with Crippen molar-refractivity contribution in [1.82, 2.24) is 10.4 Å². The van der Waals surface area contributed by atoms with Crippen LogP contribution in [-0.4, -0.2) is 4.98 Å². The summed E-state index contributed by atoms with van der Waals surface area (Å²) in [5.74, 6) is 5.55. The van der Waals surface area contributed by atoms with E-state index >= 15 is 0 Å². The minimum Gasteiger partial charge on any atom is -0.271 e. The zero-order valence-corrected chi connectivity index (χ0v) is 11.5.